The monoisotopic (exact) mass is 356 g/mol. The Bertz CT molecular complexity index is 1020. The summed E-state index contributed by atoms with van der Waals surface area (Å²) in [6, 6.07) is 0. The molecule has 13 aliphatic carbocycles. The van der Waals surface area contributed by atoms with Gasteiger partial charge in [0.2, 0.25) is 0 Å². The average Bonchev–Trinajstić information content (AvgIpc) is 3.42. The SMILES string of the molecule is O=C1OC(=O)C2C1C1C3C4C5C=CC3C36C7CC8C9C7C7CC9C(C24)(C583)C716. The van der Waals surface area contributed by atoms with E-state index in [9.17, 15) is 9.59 Å². The third kappa shape index (κ3) is 0.510. The lowest BCUT2D eigenvalue weighted by atomic mass is 9.20. The normalized spacial score (nSPS) is 90.8. The molecule has 3 nitrogen and oxygen atoms in total. The molecular formula is C24H20O3. The minimum atomic E-state index is -0.106. The summed E-state index contributed by atoms with van der Waals surface area (Å²) in [6.45, 7) is 0. The topological polar surface area (TPSA) is 43.4 Å². The molecule has 0 amide bonds. The van der Waals surface area contributed by atoms with Crippen molar-refractivity contribution in [3.8, 4) is 0 Å². The van der Waals surface area contributed by atoms with Crippen molar-refractivity contribution in [2.45, 2.75) is 12.8 Å². The quantitative estimate of drug-likeness (QED) is 0.379. The molecule has 0 N–H and O–H groups in total. The fraction of sp³-hybridized carbons (Fsp3) is 0.833. The molecule has 134 valence electrons. The van der Waals surface area contributed by atoms with Crippen molar-refractivity contribution in [3.05, 3.63) is 12.2 Å². The number of rotatable bonds is 0. The number of hydrogen-bond acceptors (Lipinski definition) is 3. The molecule has 8 bridgehead atoms. The molecule has 3 heteroatoms. The van der Waals surface area contributed by atoms with E-state index < -0.39 is 0 Å². The van der Waals surface area contributed by atoms with E-state index in [0.717, 1.165) is 59.2 Å². The molecule has 0 radical (unpaired) electrons. The Morgan fingerprint density at radius 3 is 1.59 bits per heavy atom. The Kier molecular flexibility index (Phi) is 1.07. The van der Waals surface area contributed by atoms with Gasteiger partial charge in [0.05, 0.1) is 11.8 Å². The largest absolute Gasteiger partial charge is 0.393 e. The summed E-state index contributed by atoms with van der Waals surface area (Å²) in [5, 5.41) is 0. The summed E-state index contributed by atoms with van der Waals surface area (Å²) in [5.41, 5.74) is 2.11. The van der Waals surface area contributed by atoms with Gasteiger partial charge in [-0.05, 0) is 106 Å². The molecule has 27 heavy (non-hydrogen) atoms. The Balaban J connectivity index is 1.38. The Morgan fingerprint density at radius 1 is 0.667 bits per heavy atom. The molecule has 1 saturated heterocycles. The molecule has 0 aromatic heterocycles. The number of cyclic esters (lactones) is 2. The molecule has 14 rings (SSSR count). The van der Waals surface area contributed by atoms with E-state index >= 15 is 0 Å². The van der Waals surface area contributed by atoms with E-state index in [1.165, 1.54) is 12.8 Å². The van der Waals surface area contributed by atoms with Crippen LogP contribution >= 0.6 is 0 Å². The first-order chi connectivity index (χ1) is 13.2. The molecule has 14 aliphatic rings. The highest BCUT2D eigenvalue weighted by molar-refractivity contribution is 5.98. The van der Waals surface area contributed by atoms with Gasteiger partial charge < -0.3 is 4.74 Å². The van der Waals surface area contributed by atoms with Crippen molar-refractivity contribution in [2.24, 2.45) is 105 Å². The average molecular weight is 356 g/mol. The lowest BCUT2D eigenvalue weighted by Crippen LogP contribution is -2.81. The first-order valence-electron chi connectivity index (χ1n) is 11.7. The third-order valence-electron chi connectivity index (χ3n) is 15.0. The van der Waals surface area contributed by atoms with E-state index in [1.807, 2.05) is 0 Å². The van der Waals surface area contributed by atoms with Crippen LogP contribution in [0.1, 0.15) is 12.8 Å². The summed E-state index contributed by atoms with van der Waals surface area (Å²) >= 11 is 0. The second-order valence-corrected chi connectivity index (χ2v) is 13.0. The maximum Gasteiger partial charge on any atom is 0.317 e. The van der Waals surface area contributed by atoms with Crippen LogP contribution in [0, 0.1) is 105 Å². The van der Waals surface area contributed by atoms with Crippen molar-refractivity contribution in [2.75, 3.05) is 0 Å². The van der Waals surface area contributed by atoms with Gasteiger partial charge in [0.15, 0.2) is 0 Å². The second-order valence-electron chi connectivity index (χ2n) is 13.0. The zero-order valence-corrected chi connectivity index (χ0v) is 14.9. The maximum atomic E-state index is 13.0. The van der Waals surface area contributed by atoms with Gasteiger partial charge in [-0.2, -0.15) is 0 Å². The number of hydrogen-bond donors (Lipinski definition) is 0. The van der Waals surface area contributed by atoms with Crippen molar-refractivity contribution in [1.29, 1.82) is 0 Å². The van der Waals surface area contributed by atoms with Crippen LogP contribution in [0.5, 0.6) is 0 Å². The molecule has 4 spiro atoms. The van der Waals surface area contributed by atoms with E-state index in [-0.39, 0.29) is 23.8 Å². The number of ether oxygens (including phenoxy) is 1. The van der Waals surface area contributed by atoms with Gasteiger partial charge in [-0.15, -0.1) is 0 Å². The molecule has 1 aliphatic heterocycles. The van der Waals surface area contributed by atoms with Gasteiger partial charge in [0, 0.05) is 0 Å². The van der Waals surface area contributed by atoms with Crippen LogP contribution in [0.25, 0.3) is 0 Å². The molecular weight excluding hydrogens is 336 g/mol. The number of esters is 2. The Hall–Kier alpha value is -1.12. The summed E-state index contributed by atoms with van der Waals surface area (Å²) in [5.74, 6) is 9.59. The molecule has 0 aromatic rings. The molecule has 18 atom stereocenters. The number of carbonyl (C=O) groups excluding carboxylic acids is 2. The lowest BCUT2D eigenvalue weighted by molar-refractivity contribution is -0.362. The smallest absolute Gasteiger partial charge is 0.317 e. The number of allylic oxidation sites excluding steroid dienone is 2. The third-order valence-corrected chi connectivity index (χ3v) is 15.0. The molecule has 12 fully saturated rings. The first-order valence-corrected chi connectivity index (χ1v) is 11.7. The predicted molar refractivity (Wildman–Crippen MR) is 88.1 cm³/mol. The molecule has 11 saturated carbocycles. The first kappa shape index (κ1) is 11.8. The van der Waals surface area contributed by atoms with Crippen LogP contribution < -0.4 is 0 Å². The van der Waals surface area contributed by atoms with Gasteiger partial charge in [0.25, 0.3) is 0 Å². The standard InChI is InChI=1S/C24H20O3/c25-19-15-16(20(26)27-19)18-14-6-2-1-5-13(14)17(15)23-9-4-10-12-8-3-7(11(9)12)21(5,23)22(6,8)24(10,18)23/h1-2,5-18H,3-4H2. The van der Waals surface area contributed by atoms with Gasteiger partial charge in [0.1, 0.15) is 0 Å². The van der Waals surface area contributed by atoms with Crippen molar-refractivity contribution >= 4 is 11.9 Å². The van der Waals surface area contributed by atoms with Crippen LogP contribution in [-0.2, 0) is 14.3 Å². The predicted octanol–water partition coefficient (Wildman–Crippen LogP) is 2.13. The van der Waals surface area contributed by atoms with Crippen LogP contribution in [0.2, 0.25) is 0 Å². The summed E-state index contributed by atoms with van der Waals surface area (Å²) < 4.78 is 5.42. The zero-order valence-electron chi connectivity index (χ0n) is 14.9. The van der Waals surface area contributed by atoms with Crippen molar-refractivity contribution in [3.63, 3.8) is 0 Å². The van der Waals surface area contributed by atoms with Crippen LogP contribution in [0.3, 0.4) is 0 Å². The van der Waals surface area contributed by atoms with E-state index in [4.69, 9.17) is 4.74 Å². The van der Waals surface area contributed by atoms with Gasteiger partial charge in [-0.3, -0.25) is 9.59 Å². The fourth-order valence-electron chi connectivity index (χ4n) is 17.5. The highest BCUT2D eigenvalue weighted by atomic mass is 16.6. The van der Waals surface area contributed by atoms with E-state index in [1.54, 1.807) is 0 Å². The van der Waals surface area contributed by atoms with Crippen LogP contribution in [0.4, 0.5) is 0 Å². The zero-order chi connectivity index (χ0) is 16.8. The van der Waals surface area contributed by atoms with Crippen molar-refractivity contribution in [1.82, 2.24) is 0 Å². The van der Waals surface area contributed by atoms with Gasteiger partial charge in [-0.1, -0.05) is 12.2 Å². The highest BCUT2D eigenvalue weighted by Gasteiger charge is 3.18. The number of carbonyl (C=O) groups is 2. The summed E-state index contributed by atoms with van der Waals surface area (Å²) in [6.07, 6.45) is 8.37. The Morgan fingerprint density at radius 2 is 1.11 bits per heavy atom. The van der Waals surface area contributed by atoms with Crippen LogP contribution in [-0.4, -0.2) is 11.9 Å². The molecule has 18 unspecified atom stereocenters. The fourth-order valence-corrected chi connectivity index (χ4v) is 17.5. The van der Waals surface area contributed by atoms with Gasteiger partial charge >= 0.3 is 11.9 Å². The molecule has 1 heterocycles. The summed E-state index contributed by atoms with van der Waals surface area (Å²) in [4.78, 5) is 26.0. The van der Waals surface area contributed by atoms with Gasteiger partial charge in [-0.25, -0.2) is 0 Å². The van der Waals surface area contributed by atoms with Crippen LogP contribution in [0.15, 0.2) is 12.2 Å². The highest BCUT2D eigenvalue weighted by Crippen LogP contribution is 3.20. The maximum absolute atomic E-state index is 13.0. The second kappa shape index (κ2) is 2.46. The Labute approximate surface area is 156 Å². The van der Waals surface area contributed by atoms with E-state index in [2.05, 4.69) is 12.2 Å². The minimum Gasteiger partial charge on any atom is -0.393 e. The lowest BCUT2D eigenvalue weighted by Gasteiger charge is -2.81. The van der Waals surface area contributed by atoms with Crippen molar-refractivity contribution < 1.29 is 14.3 Å². The summed E-state index contributed by atoms with van der Waals surface area (Å²) in [7, 11) is 0. The molecule has 0 aromatic carbocycles. The van der Waals surface area contributed by atoms with E-state index in [0.29, 0.717) is 33.5 Å². The minimum absolute atomic E-state index is 0.0450.